The molecular weight excluding hydrogens is 206 g/mol. The zero-order valence-corrected chi connectivity index (χ0v) is 9.35. The fourth-order valence-corrected chi connectivity index (χ4v) is 1.83. The van der Waals surface area contributed by atoms with Crippen LogP contribution < -0.4 is 14.8 Å². The second-order valence-electron chi connectivity index (χ2n) is 3.87. The van der Waals surface area contributed by atoms with Crippen LogP contribution in [-0.4, -0.2) is 37.5 Å². The van der Waals surface area contributed by atoms with Crippen molar-refractivity contribution in [2.45, 2.75) is 18.6 Å². The van der Waals surface area contributed by atoms with Crippen LogP contribution in [0.3, 0.4) is 0 Å². The van der Waals surface area contributed by atoms with E-state index in [-0.39, 0.29) is 6.10 Å². The van der Waals surface area contributed by atoms with Gasteiger partial charge in [0.25, 0.3) is 0 Å². The van der Waals surface area contributed by atoms with Gasteiger partial charge in [-0.3, -0.25) is 0 Å². The number of piperidine rings is 1. The molecule has 0 amide bonds. The number of hydrogen-bond acceptors (Lipinski definition) is 4. The normalized spacial score (nSPS) is 25.1. The van der Waals surface area contributed by atoms with Gasteiger partial charge in [0.1, 0.15) is 12.2 Å². The second-order valence-corrected chi connectivity index (χ2v) is 3.87. The first-order chi connectivity index (χ1) is 7.81. The molecule has 16 heavy (non-hydrogen) atoms. The summed E-state index contributed by atoms with van der Waals surface area (Å²) in [5.74, 6) is 1.39. The first-order valence-electron chi connectivity index (χ1n) is 5.49. The van der Waals surface area contributed by atoms with E-state index in [0.717, 1.165) is 13.0 Å². The zero-order chi connectivity index (χ0) is 11.4. The van der Waals surface area contributed by atoms with Crippen LogP contribution in [0, 0.1) is 0 Å². The van der Waals surface area contributed by atoms with Crippen molar-refractivity contribution in [1.29, 1.82) is 0 Å². The summed E-state index contributed by atoms with van der Waals surface area (Å²) in [5, 5.41) is 12.9. The van der Waals surface area contributed by atoms with Crippen LogP contribution >= 0.6 is 0 Å². The van der Waals surface area contributed by atoms with Crippen molar-refractivity contribution in [1.82, 2.24) is 5.32 Å². The second kappa shape index (κ2) is 5.18. The molecule has 1 aliphatic rings. The molecule has 2 N–H and O–H groups in total. The molecule has 0 aromatic heterocycles. The van der Waals surface area contributed by atoms with E-state index in [1.54, 1.807) is 7.11 Å². The van der Waals surface area contributed by atoms with Gasteiger partial charge in [-0.1, -0.05) is 12.1 Å². The van der Waals surface area contributed by atoms with Gasteiger partial charge in [-0.2, -0.15) is 0 Å². The average Bonchev–Trinajstić information content (AvgIpc) is 2.33. The summed E-state index contributed by atoms with van der Waals surface area (Å²) < 4.78 is 11.0. The Morgan fingerprint density at radius 3 is 2.75 bits per heavy atom. The smallest absolute Gasteiger partial charge is 0.161 e. The summed E-state index contributed by atoms with van der Waals surface area (Å²) in [4.78, 5) is 0. The van der Waals surface area contributed by atoms with Gasteiger partial charge in [0, 0.05) is 6.54 Å². The number of β-amino-alcohol motifs (C(OH)–C–C–N with tert-alkyl or cyclic N) is 1. The predicted octanol–water partition coefficient (Wildman–Crippen LogP) is 0.797. The maximum Gasteiger partial charge on any atom is 0.161 e. The van der Waals surface area contributed by atoms with Gasteiger partial charge in [-0.15, -0.1) is 0 Å². The minimum atomic E-state index is -0.460. The van der Waals surface area contributed by atoms with Gasteiger partial charge in [0.05, 0.1) is 7.11 Å². The van der Waals surface area contributed by atoms with E-state index in [9.17, 15) is 5.11 Å². The Kier molecular flexibility index (Phi) is 3.64. The molecule has 2 rings (SSSR count). The molecule has 0 radical (unpaired) electrons. The highest BCUT2D eigenvalue weighted by atomic mass is 16.5. The molecular formula is C12H17NO3. The largest absolute Gasteiger partial charge is 0.493 e. The minimum Gasteiger partial charge on any atom is -0.493 e. The topological polar surface area (TPSA) is 50.7 Å². The molecule has 1 aliphatic heterocycles. The molecule has 88 valence electrons. The fourth-order valence-electron chi connectivity index (χ4n) is 1.83. The minimum absolute atomic E-state index is 0.155. The van der Waals surface area contributed by atoms with Crippen LogP contribution in [-0.2, 0) is 0 Å². The molecule has 0 aliphatic carbocycles. The van der Waals surface area contributed by atoms with E-state index in [4.69, 9.17) is 9.47 Å². The van der Waals surface area contributed by atoms with E-state index < -0.39 is 6.10 Å². The lowest BCUT2D eigenvalue weighted by Gasteiger charge is -2.29. The summed E-state index contributed by atoms with van der Waals surface area (Å²) in [5.41, 5.74) is 0. The Balaban J connectivity index is 2.07. The summed E-state index contributed by atoms with van der Waals surface area (Å²) in [7, 11) is 1.61. The molecule has 1 heterocycles. The van der Waals surface area contributed by atoms with E-state index in [0.29, 0.717) is 18.0 Å². The molecule has 0 unspecified atom stereocenters. The highest BCUT2D eigenvalue weighted by Gasteiger charge is 2.25. The maximum atomic E-state index is 9.77. The molecule has 1 aromatic rings. The number of ether oxygens (including phenoxy) is 2. The van der Waals surface area contributed by atoms with Gasteiger partial charge in [-0.25, -0.2) is 0 Å². The molecule has 0 bridgehead atoms. The Morgan fingerprint density at radius 2 is 2.06 bits per heavy atom. The van der Waals surface area contributed by atoms with E-state index in [1.807, 2.05) is 24.3 Å². The highest BCUT2D eigenvalue weighted by Crippen LogP contribution is 2.28. The number of rotatable bonds is 3. The number of hydrogen-bond donors (Lipinski definition) is 2. The third-order valence-electron chi connectivity index (χ3n) is 2.74. The zero-order valence-electron chi connectivity index (χ0n) is 9.35. The summed E-state index contributed by atoms with van der Waals surface area (Å²) in [6.07, 6.45) is 0.190. The standard InChI is InChI=1S/C12H17NO3/c1-15-11-4-2-3-5-12(11)16-10-6-7-13-8-9(10)14/h2-5,9-10,13-14H,6-8H2,1H3/t9-,10-/m1/s1. The molecule has 2 atom stereocenters. The van der Waals surface area contributed by atoms with Gasteiger partial charge in [-0.05, 0) is 25.1 Å². The van der Waals surface area contributed by atoms with Crippen LogP contribution in [0.25, 0.3) is 0 Å². The Labute approximate surface area is 95.2 Å². The van der Waals surface area contributed by atoms with Crippen LogP contribution in [0.4, 0.5) is 0 Å². The van der Waals surface area contributed by atoms with E-state index >= 15 is 0 Å². The first kappa shape index (κ1) is 11.2. The van der Waals surface area contributed by atoms with Crippen LogP contribution in [0.5, 0.6) is 11.5 Å². The predicted molar refractivity (Wildman–Crippen MR) is 60.9 cm³/mol. The van der Waals surface area contributed by atoms with Crippen molar-refractivity contribution in [2.75, 3.05) is 20.2 Å². The van der Waals surface area contributed by atoms with Crippen molar-refractivity contribution >= 4 is 0 Å². The van der Waals surface area contributed by atoms with Crippen molar-refractivity contribution in [3.8, 4) is 11.5 Å². The van der Waals surface area contributed by atoms with Crippen LogP contribution in [0.15, 0.2) is 24.3 Å². The number of para-hydroxylation sites is 2. The maximum absolute atomic E-state index is 9.77. The summed E-state index contributed by atoms with van der Waals surface area (Å²) in [6.45, 7) is 1.46. The van der Waals surface area contributed by atoms with Gasteiger partial charge < -0.3 is 19.9 Å². The summed E-state index contributed by atoms with van der Waals surface area (Å²) in [6, 6.07) is 7.49. The molecule has 0 spiro atoms. The van der Waals surface area contributed by atoms with E-state index in [2.05, 4.69) is 5.32 Å². The van der Waals surface area contributed by atoms with Crippen molar-refractivity contribution < 1.29 is 14.6 Å². The SMILES string of the molecule is COc1ccccc1O[C@@H]1CCNC[C@H]1O. The highest BCUT2D eigenvalue weighted by molar-refractivity contribution is 5.39. The molecule has 4 nitrogen and oxygen atoms in total. The molecule has 4 heteroatoms. The number of benzene rings is 1. The number of methoxy groups -OCH3 is 1. The molecule has 1 saturated heterocycles. The molecule has 1 aromatic carbocycles. The lowest BCUT2D eigenvalue weighted by molar-refractivity contribution is 0.0150. The quantitative estimate of drug-likeness (QED) is 0.795. The summed E-state index contributed by atoms with van der Waals surface area (Å²) >= 11 is 0. The van der Waals surface area contributed by atoms with Gasteiger partial charge >= 0.3 is 0 Å². The number of aliphatic hydroxyl groups is 1. The third kappa shape index (κ3) is 2.46. The molecule has 0 saturated carbocycles. The average molecular weight is 223 g/mol. The lowest BCUT2D eigenvalue weighted by Crippen LogP contribution is -2.46. The van der Waals surface area contributed by atoms with Crippen molar-refractivity contribution in [3.63, 3.8) is 0 Å². The lowest BCUT2D eigenvalue weighted by atomic mass is 10.1. The van der Waals surface area contributed by atoms with Crippen LogP contribution in [0.1, 0.15) is 6.42 Å². The fraction of sp³-hybridized carbons (Fsp3) is 0.500. The third-order valence-corrected chi connectivity index (χ3v) is 2.74. The van der Waals surface area contributed by atoms with Gasteiger partial charge in [0.15, 0.2) is 11.5 Å². The Morgan fingerprint density at radius 1 is 1.31 bits per heavy atom. The van der Waals surface area contributed by atoms with Crippen molar-refractivity contribution in [3.05, 3.63) is 24.3 Å². The number of aliphatic hydroxyl groups excluding tert-OH is 1. The van der Waals surface area contributed by atoms with Crippen LogP contribution in [0.2, 0.25) is 0 Å². The van der Waals surface area contributed by atoms with Crippen molar-refractivity contribution in [2.24, 2.45) is 0 Å². The Bertz CT molecular complexity index is 343. The number of nitrogens with one attached hydrogen (secondary N) is 1. The molecule has 1 fully saturated rings. The van der Waals surface area contributed by atoms with Gasteiger partial charge in [0.2, 0.25) is 0 Å². The first-order valence-corrected chi connectivity index (χ1v) is 5.49. The monoisotopic (exact) mass is 223 g/mol. The Hall–Kier alpha value is -1.26. The van der Waals surface area contributed by atoms with E-state index in [1.165, 1.54) is 0 Å².